The zero-order valence-electron chi connectivity index (χ0n) is 11.5. The summed E-state index contributed by atoms with van der Waals surface area (Å²) in [6.07, 6.45) is 11.0. The molecule has 2 heteroatoms. The van der Waals surface area contributed by atoms with Crippen molar-refractivity contribution in [1.82, 2.24) is 0 Å². The van der Waals surface area contributed by atoms with Crippen molar-refractivity contribution < 1.29 is 0 Å². The van der Waals surface area contributed by atoms with Crippen molar-refractivity contribution in [1.29, 1.82) is 0 Å². The summed E-state index contributed by atoms with van der Waals surface area (Å²) in [5.41, 5.74) is 5.76. The number of halogens is 1. The molecule has 0 unspecified atom stereocenters. The van der Waals surface area contributed by atoms with Crippen molar-refractivity contribution in [2.45, 2.75) is 78.6 Å². The summed E-state index contributed by atoms with van der Waals surface area (Å²) in [5.74, 6) is 0.827. The maximum absolute atomic E-state index is 5.76. The van der Waals surface area contributed by atoms with E-state index in [1.807, 2.05) is 0 Å². The van der Waals surface area contributed by atoms with Gasteiger partial charge in [-0.3, -0.25) is 0 Å². The molecule has 0 fully saturated rings. The lowest BCUT2D eigenvalue weighted by atomic mass is 10.1. The van der Waals surface area contributed by atoms with E-state index >= 15 is 0 Å². The van der Waals surface area contributed by atoms with Gasteiger partial charge in [-0.15, -0.1) is 11.6 Å². The summed E-state index contributed by atoms with van der Waals surface area (Å²) < 4.78 is 0. The zero-order valence-corrected chi connectivity index (χ0v) is 12.3. The van der Waals surface area contributed by atoms with Crippen LogP contribution in [0.1, 0.15) is 78.6 Å². The van der Waals surface area contributed by atoms with E-state index in [0.29, 0.717) is 0 Å². The molecule has 0 rings (SSSR count). The predicted molar refractivity (Wildman–Crippen MR) is 76.7 cm³/mol. The molecular formula is C14H31ClN. The first-order valence-corrected chi connectivity index (χ1v) is 7.42. The lowest BCUT2D eigenvalue weighted by Crippen LogP contribution is -2.08. The summed E-state index contributed by atoms with van der Waals surface area (Å²) in [5, 5.41) is 0. The molecule has 2 N–H and O–H groups in total. The standard InChI is InChI=1S/C9H20N.C5H11Cl/c1-3-5-7-9(10)8-6-4-2;1-2-3-4-5-6/h3-8,10H2,1-2H3;2-5H2,1H3. The first-order valence-electron chi connectivity index (χ1n) is 6.88. The largest absolute Gasteiger partial charge is 0.324 e. The minimum atomic E-state index is 0.827. The third-order valence-electron chi connectivity index (χ3n) is 2.44. The van der Waals surface area contributed by atoms with Crippen LogP contribution in [0.4, 0.5) is 0 Å². The van der Waals surface area contributed by atoms with Crippen LogP contribution in [-0.4, -0.2) is 5.88 Å². The molecule has 0 saturated heterocycles. The maximum Gasteiger partial charge on any atom is 0.0336 e. The van der Waals surface area contributed by atoms with E-state index in [1.54, 1.807) is 0 Å². The number of hydrogen-bond acceptors (Lipinski definition) is 1. The van der Waals surface area contributed by atoms with E-state index in [1.165, 1.54) is 51.0 Å². The van der Waals surface area contributed by atoms with Gasteiger partial charge in [-0.1, -0.05) is 59.3 Å². The van der Waals surface area contributed by atoms with Crippen LogP contribution in [0.3, 0.4) is 0 Å². The van der Waals surface area contributed by atoms with Crippen molar-refractivity contribution in [3.05, 3.63) is 6.04 Å². The molecule has 0 atom stereocenters. The molecule has 99 valence electrons. The van der Waals surface area contributed by atoms with Gasteiger partial charge in [0.25, 0.3) is 0 Å². The molecule has 0 bridgehead atoms. The van der Waals surface area contributed by atoms with Gasteiger partial charge in [-0.2, -0.15) is 0 Å². The minimum absolute atomic E-state index is 0.827. The second-order valence-corrected chi connectivity index (χ2v) is 4.64. The fraction of sp³-hybridized carbons (Fsp3) is 0.929. The van der Waals surface area contributed by atoms with Gasteiger partial charge in [0.2, 0.25) is 0 Å². The second kappa shape index (κ2) is 17.6. The average Bonchev–Trinajstić information content (AvgIpc) is 2.32. The highest BCUT2D eigenvalue weighted by Gasteiger charge is 2.00. The SMILES string of the molecule is CCCCCCl.CCCC[C](N)CCCC. The lowest BCUT2D eigenvalue weighted by molar-refractivity contribution is 0.626. The quantitative estimate of drug-likeness (QED) is 0.436. The van der Waals surface area contributed by atoms with E-state index in [0.717, 1.165) is 18.7 Å². The summed E-state index contributed by atoms with van der Waals surface area (Å²) in [7, 11) is 0. The molecule has 0 amide bonds. The van der Waals surface area contributed by atoms with Gasteiger partial charge < -0.3 is 5.73 Å². The number of nitrogens with two attached hydrogens (primary N) is 1. The number of alkyl halides is 1. The lowest BCUT2D eigenvalue weighted by Gasteiger charge is -2.07. The molecule has 0 heterocycles. The first-order chi connectivity index (χ1) is 7.72. The van der Waals surface area contributed by atoms with E-state index in [-0.39, 0.29) is 0 Å². The molecule has 0 spiro atoms. The Balaban J connectivity index is 0. The summed E-state index contributed by atoms with van der Waals surface area (Å²) in [6.45, 7) is 6.58. The fourth-order valence-corrected chi connectivity index (χ4v) is 1.47. The van der Waals surface area contributed by atoms with Gasteiger partial charge in [0.15, 0.2) is 0 Å². The van der Waals surface area contributed by atoms with E-state index < -0.39 is 0 Å². The highest BCUT2D eigenvalue weighted by molar-refractivity contribution is 6.17. The van der Waals surface area contributed by atoms with Crippen LogP contribution in [0.2, 0.25) is 0 Å². The van der Waals surface area contributed by atoms with Gasteiger partial charge in [-0.25, -0.2) is 0 Å². The number of unbranched alkanes of at least 4 members (excludes halogenated alkanes) is 4. The van der Waals surface area contributed by atoms with Crippen LogP contribution in [-0.2, 0) is 0 Å². The molecule has 0 aromatic rings. The van der Waals surface area contributed by atoms with Crippen LogP contribution in [0.5, 0.6) is 0 Å². The summed E-state index contributed by atoms with van der Waals surface area (Å²) in [4.78, 5) is 0. The number of rotatable bonds is 9. The fourth-order valence-electron chi connectivity index (χ4n) is 1.28. The Labute approximate surface area is 108 Å². The van der Waals surface area contributed by atoms with Crippen molar-refractivity contribution >= 4 is 11.6 Å². The molecule has 0 saturated carbocycles. The molecule has 0 aliphatic rings. The van der Waals surface area contributed by atoms with Gasteiger partial charge >= 0.3 is 0 Å². The molecule has 1 radical (unpaired) electrons. The predicted octanol–water partition coefficient (Wildman–Crippen LogP) is 5.27. The van der Waals surface area contributed by atoms with Crippen LogP contribution in [0.15, 0.2) is 0 Å². The monoisotopic (exact) mass is 248 g/mol. The first kappa shape index (κ1) is 18.6. The summed E-state index contributed by atoms with van der Waals surface area (Å²) >= 11 is 5.38. The van der Waals surface area contributed by atoms with Gasteiger partial charge in [0, 0.05) is 11.9 Å². The normalized spacial score (nSPS) is 10.1. The van der Waals surface area contributed by atoms with Gasteiger partial charge in [0.05, 0.1) is 0 Å². The van der Waals surface area contributed by atoms with Crippen LogP contribution in [0.25, 0.3) is 0 Å². The van der Waals surface area contributed by atoms with Crippen molar-refractivity contribution in [3.8, 4) is 0 Å². The average molecular weight is 249 g/mol. The Morgan fingerprint density at radius 1 is 0.812 bits per heavy atom. The molecule has 0 aliphatic heterocycles. The minimum Gasteiger partial charge on any atom is -0.324 e. The molecule has 0 aromatic carbocycles. The van der Waals surface area contributed by atoms with Crippen molar-refractivity contribution in [2.75, 3.05) is 5.88 Å². The Morgan fingerprint density at radius 2 is 1.25 bits per heavy atom. The molecule has 0 aliphatic carbocycles. The maximum atomic E-state index is 5.76. The summed E-state index contributed by atoms with van der Waals surface area (Å²) in [6, 6.07) is 1.20. The molecule has 0 aromatic heterocycles. The van der Waals surface area contributed by atoms with E-state index in [2.05, 4.69) is 20.8 Å². The van der Waals surface area contributed by atoms with Crippen molar-refractivity contribution in [3.63, 3.8) is 0 Å². The van der Waals surface area contributed by atoms with Crippen LogP contribution < -0.4 is 5.73 Å². The Morgan fingerprint density at radius 3 is 1.50 bits per heavy atom. The highest BCUT2D eigenvalue weighted by Crippen LogP contribution is 2.11. The third-order valence-corrected chi connectivity index (χ3v) is 2.71. The second-order valence-electron chi connectivity index (χ2n) is 4.26. The molecular weight excluding hydrogens is 218 g/mol. The zero-order chi connectivity index (χ0) is 12.6. The smallest absolute Gasteiger partial charge is 0.0336 e. The van der Waals surface area contributed by atoms with E-state index in [9.17, 15) is 0 Å². The van der Waals surface area contributed by atoms with Gasteiger partial charge in [0.1, 0.15) is 0 Å². The molecule has 16 heavy (non-hydrogen) atoms. The highest BCUT2D eigenvalue weighted by atomic mass is 35.5. The Kier molecular flexibility index (Phi) is 20.5. The third kappa shape index (κ3) is 19.8. The Hall–Kier alpha value is 0.250. The number of hydrogen-bond donors (Lipinski definition) is 1. The topological polar surface area (TPSA) is 26.0 Å². The van der Waals surface area contributed by atoms with Crippen LogP contribution >= 0.6 is 11.6 Å². The van der Waals surface area contributed by atoms with Crippen LogP contribution in [0, 0.1) is 6.04 Å². The molecule has 1 nitrogen and oxygen atoms in total. The van der Waals surface area contributed by atoms with Crippen molar-refractivity contribution in [2.24, 2.45) is 5.73 Å². The Bertz CT molecular complexity index is 94.9. The van der Waals surface area contributed by atoms with Gasteiger partial charge in [-0.05, 0) is 19.3 Å². The van der Waals surface area contributed by atoms with E-state index in [4.69, 9.17) is 17.3 Å².